The van der Waals surface area contributed by atoms with Gasteiger partial charge < -0.3 is 9.80 Å². The average Bonchev–Trinajstić information content (AvgIpc) is 2.68. The van der Waals surface area contributed by atoms with Gasteiger partial charge in [-0.2, -0.15) is 0 Å². The third kappa shape index (κ3) is 4.52. The van der Waals surface area contributed by atoms with Crippen molar-refractivity contribution in [2.24, 2.45) is 11.1 Å². The summed E-state index contributed by atoms with van der Waals surface area (Å²) in [6, 6.07) is 7.76. The summed E-state index contributed by atoms with van der Waals surface area (Å²) < 4.78 is 22.3. The fourth-order valence-electron chi connectivity index (χ4n) is 2.62. The van der Waals surface area contributed by atoms with Crippen molar-refractivity contribution in [1.29, 1.82) is 0 Å². The number of nitrogens with two attached hydrogens (primary N) is 1. The first-order valence-electron chi connectivity index (χ1n) is 6.79. The first kappa shape index (κ1) is 15.9. The maximum Gasteiger partial charge on any atom is 0.227 e. The minimum atomic E-state index is -3.54. The Morgan fingerprint density at radius 3 is 2.43 bits per heavy atom. The molecule has 1 unspecified atom stereocenters. The summed E-state index contributed by atoms with van der Waals surface area (Å²) in [6.07, 6.45) is 0.232. The lowest BCUT2D eigenvalue weighted by atomic mass is 10.1. The van der Waals surface area contributed by atoms with Gasteiger partial charge >= 0.3 is 0 Å². The van der Waals surface area contributed by atoms with E-state index >= 15 is 0 Å². The zero-order chi connectivity index (χ0) is 15.6. The van der Waals surface area contributed by atoms with Gasteiger partial charge in [-0.3, -0.25) is 4.79 Å². The molecule has 1 fully saturated rings. The SMILES string of the molecule is CN(C)Cc1ccc(N2CC(CS(N)(=O)=O)CC2=O)cc1. The molecule has 1 amide bonds. The van der Waals surface area contributed by atoms with Crippen LogP contribution in [-0.4, -0.2) is 45.6 Å². The van der Waals surface area contributed by atoms with Crippen molar-refractivity contribution >= 4 is 21.6 Å². The molecule has 1 aliphatic rings. The molecule has 0 aliphatic carbocycles. The second-order valence-electron chi connectivity index (χ2n) is 5.81. The second-order valence-corrected chi connectivity index (χ2v) is 7.47. The van der Waals surface area contributed by atoms with E-state index in [0.717, 1.165) is 17.8 Å². The number of hydrogen-bond donors (Lipinski definition) is 1. The summed E-state index contributed by atoms with van der Waals surface area (Å²) in [5.74, 6) is -0.425. The van der Waals surface area contributed by atoms with Gasteiger partial charge in [-0.05, 0) is 31.8 Å². The van der Waals surface area contributed by atoms with Crippen LogP contribution in [0.4, 0.5) is 5.69 Å². The summed E-state index contributed by atoms with van der Waals surface area (Å²) in [7, 11) is 0.450. The van der Waals surface area contributed by atoms with Gasteiger partial charge in [0.2, 0.25) is 15.9 Å². The number of nitrogens with zero attached hydrogens (tertiary/aromatic N) is 2. The molecule has 1 atom stereocenters. The Hall–Kier alpha value is -1.44. The predicted octanol–water partition coefficient (Wildman–Crippen LogP) is 0.390. The summed E-state index contributed by atoms with van der Waals surface area (Å²) in [5.41, 5.74) is 1.97. The molecular formula is C14H21N3O3S. The molecule has 1 heterocycles. The van der Waals surface area contributed by atoms with Gasteiger partial charge in [-0.25, -0.2) is 13.6 Å². The zero-order valence-electron chi connectivity index (χ0n) is 12.3. The number of carbonyl (C=O) groups is 1. The highest BCUT2D eigenvalue weighted by atomic mass is 32.2. The lowest BCUT2D eigenvalue weighted by Crippen LogP contribution is -2.27. The Bertz CT molecular complexity index is 611. The maximum atomic E-state index is 12.0. The number of primary sulfonamides is 1. The van der Waals surface area contributed by atoms with Crippen LogP contribution in [-0.2, 0) is 21.4 Å². The van der Waals surface area contributed by atoms with Crippen LogP contribution in [0.3, 0.4) is 0 Å². The fourth-order valence-corrected chi connectivity index (χ4v) is 3.50. The number of anilines is 1. The Kier molecular flexibility index (Phi) is 4.65. The molecule has 2 N–H and O–H groups in total. The van der Waals surface area contributed by atoms with Crippen LogP contribution in [0, 0.1) is 5.92 Å². The molecule has 0 radical (unpaired) electrons. The number of hydrogen-bond acceptors (Lipinski definition) is 4. The van der Waals surface area contributed by atoms with E-state index in [-0.39, 0.29) is 24.0 Å². The Labute approximate surface area is 125 Å². The van der Waals surface area contributed by atoms with Gasteiger partial charge in [0, 0.05) is 31.1 Å². The average molecular weight is 311 g/mol. The summed E-state index contributed by atoms with van der Waals surface area (Å²) in [5, 5.41) is 5.05. The van der Waals surface area contributed by atoms with E-state index in [4.69, 9.17) is 5.14 Å². The van der Waals surface area contributed by atoms with Crippen molar-refractivity contribution in [1.82, 2.24) is 4.90 Å². The number of sulfonamides is 1. The molecule has 1 saturated heterocycles. The first-order chi connectivity index (χ1) is 9.74. The van der Waals surface area contributed by atoms with Gasteiger partial charge in [-0.1, -0.05) is 12.1 Å². The van der Waals surface area contributed by atoms with Gasteiger partial charge in [0.1, 0.15) is 0 Å². The number of benzene rings is 1. The smallest absolute Gasteiger partial charge is 0.227 e. The van der Waals surface area contributed by atoms with E-state index < -0.39 is 10.0 Å². The maximum absolute atomic E-state index is 12.0. The predicted molar refractivity (Wildman–Crippen MR) is 82.3 cm³/mol. The minimum Gasteiger partial charge on any atom is -0.312 e. The number of carbonyl (C=O) groups excluding carboxylic acids is 1. The molecule has 0 aromatic heterocycles. The molecule has 0 bridgehead atoms. The van der Waals surface area contributed by atoms with E-state index in [2.05, 4.69) is 4.90 Å². The van der Waals surface area contributed by atoms with Crippen molar-refractivity contribution in [3.63, 3.8) is 0 Å². The highest BCUT2D eigenvalue weighted by molar-refractivity contribution is 7.89. The standard InChI is InChI=1S/C14H21N3O3S/c1-16(2)8-11-3-5-13(6-4-11)17-9-12(7-14(17)18)10-21(15,19)20/h3-6,12H,7-10H2,1-2H3,(H2,15,19,20). The summed E-state index contributed by atoms with van der Waals surface area (Å²) in [6.45, 7) is 1.24. The van der Waals surface area contributed by atoms with Gasteiger partial charge in [0.15, 0.2) is 0 Å². The molecule has 2 rings (SSSR count). The van der Waals surface area contributed by atoms with E-state index in [1.165, 1.54) is 0 Å². The van der Waals surface area contributed by atoms with Crippen LogP contribution < -0.4 is 10.0 Å². The van der Waals surface area contributed by atoms with E-state index in [0.29, 0.717) is 6.54 Å². The molecule has 0 spiro atoms. The quantitative estimate of drug-likeness (QED) is 0.852. The van der Waals surface area contributed by atoms with Crippen molar-refractivity contribution in [3.05, 3.63) is 29.8 Å². The van der Waals surface area contributed by atoms with Crippen molar-refractivity contribution in [2.75, 3.05) is 31.3 Å². The molecule has 1 aliphatic heterocycles. The molecule has 7 heteroatoms. The monoisotopic (exact) mass is 311 g/mol. The number of rotatable bonds is 5. The molecule has 1 aromatic carbocycles. The highest BCUT2D eigenvalue weighted by Crippen LogP contribution is 2.26. The lowest BCUT2D eigenvalue weighted by Gasteiger charge is -2.17. The normalized spacial score (nSPS) is 19.5. The van der Waals surface area contributed by atoms with Crippen molar-refractivity contribution in [2.45, 2.75) is 13.0 Å². The largest absolute Gasteiger partial charge is 0.312 e. The zero-order valence-corrected chi connectivity index (χ0v) is 13.1. The van der Waals surface area contributed by atoms with Gasteiger partial charge in [0.25, 0.3) is 0 Å². The third-order valence-electron chi connectivity index (χ3n) is 3.42. The molecular weight excluding hydrogens is 290 g/mol. The molecule has 6 nitrogen and oxygen atoms in total. The summed E-state index contributed by atoms with van der Waals surface area (Å²) in [4.78, 5) is 15.7. The van der Waals surface area contributed by atoms with E-state index in [9.17, 15) is 13.2 Å². The second kappa shape index (κ2) is 6.13. The van der Waals surface area contributed by atoms with Gasteiger partial charge in [0.05, 0.1) is 5.75 Å². The lowest BCUT2D eigenvalue weighted by molar-refractivity contribution is -0.117. The summed E-state index contributed by atoms with van der Waals surface area (Å²) >= 11 is 0. The van der Waals surface area contributed by atoms with Gasteiger partial charge in [-0.15, -0.1) is 0 Å². The minimum absolute atomic E-state index is 0.0518. The van der Waals surface area contributed by atoms with Crippen LogP contribution in [0.25, 0.3) is 0 Å². The van der Waals surface area contributed by atoms with Crippen molar-refractivity contribution < 1.29 is 13.2 Å². The van der Waals surface area contributed by atoms with Crippen LogP contribution >= 0.6 is 0 Å². The first-order valence-corrected chi connectivity index (χ1v) is 8.50. The van der Waals surface area contributed by atoms with Crippen LogP contribution in [0.1, 0.15) is 12.0 Å². The Balaban J connectivity index is 2.06. The molecule has 116 valence electrons. The Morgan fingerprint density at radius 1 is 1.29 bits per heavy atom. The van der Waals surface area contributed by atoms with E-state index in [1.54, 1.807) is 4.90 Å². The Morgan fingerprint density at radius 2 is 1.90 bits per heavy atom. The van der Waals surface area contributed by atoms with Crippen molar-refractivity contribution in [3.8, 4) is 0 Å². The molecule has 0 saturated carbocycles. The third-order valence-corrected chi connectivity index (χ3v) is 4.36. The molecule has 21 heavy (non-hydrogen) atoms. The molecule has 1 aromatic rings. The topological polar surface area (TPSA) is 83.7 Å². The van der Waals surface area contributed by atoms with Crippen LogP contribution in [0.5, 0.6) is 0 Å². The highest BCUT2D eigenvalue weighted by Gasteiger charge is 2.32. The van der Waals surface area contributed by atoms with Crippen LogP contribution in [0.2, 0.25) is 0 Å². The van der Waals surface area contributed by atoms with Crippen LogP contribution in [0.15, 0.2) is 24.3 Å². The fraction of sp³-hybridized carbons (Fsp3) is 0.500. The van der Waals surface area contributed by atoms with E-state index in [1.807, 2.05) is 38.4 Å². The number of amides is 1.